The van der Waals surface area contributed by atoms with Crippen LogP contribution in [0, 0.1) is 11.8 Å². The molecule has 0 radical (unpaired) electrons. The van der Waals surface area contributed by atoms with E-state index in [1.165, 1.54) is 30.6 Å². The van der Waals surface area contributed by atoms with Crippen molar-refractivity contribution in [2.75, 3.05) is 5.75 Å². The molecule has 2 saturated carbocycles. The van der Waals surface area contributed by atoms with Gasteiger partial charge >= 0.3 is 0 Å². The number of benzene rings is 1. The van der Waals surface area contributed by atoms with Crippen LogP contribution in [0.3, 0.4) is 0 Å². The lowest BCUT2D eigenvalue weighted by Gasteiger charge is -2.22. The van der Waals surface area contributed by atoms with Crippen molar-refractivity contribution in [1.29, 1.82) is 0 Å². The lowest BCUT2D eigenvalue weighted by Crippen LogP contribution is -2.39. The van der Waals surface area contributed by atoms with Gasteiger partial charge in [0.15, 0.2) is 0 Å². The van der Waals surface area contributed by atoms with Crippen molar-refractivity contribution in [1.82, 2.24) is 5.32 Å². The van der Waals surface area contributed by atoms with Crippen LogP contribution in [0.25, 0.3) is 0 Å². The molecule has 1 aromatic rings. The number of carbonyl (C=O) groups excluding carboxylic acids is 1. The Balaban J connectivity index is 1.45. The average Bonchev–Trinajstić information content (AvgIpc) is 3.00. The number of nitrogens with one attached hydrogen (secondary N) is 1. The van der Waals surface area contributed by atoms with Crippen molar-refractivity contribution in [2.24, 2.45) is 11.8 Å². The van der Waals surface area contributed by atoms with E-state index in [0.717, 1.165) is 11.8 Å². The molecule has 0 spiro atoms. The fraction of sp³-hybridized carbons (Fsp3) is 0.533. The van der Waals surface area contributed by atoms with Gasteiger partial charge in [0.2, 0.25) is 5.91 Å². The van der Waals surface area contributed by atoms with Crippen LogP contribution in [0.4, 0.5) is 0 Å². The first kappa shape index (κ1) is 12.1. The molecule has 2 bridgehead atoms. The molecule has 0 aliphatic heterocycles. The molecule has 3 atom stereocenters. The largest absolute Gasteiger partial charge is 0.352 e. The number of amides is 1. The van der Waals surface area contributed by atoms with E-state index < -0.39 is 0 Å². The van der Waals surface area contributed by atoms with Gasteiger partial charge in [0.1, 0.15) is 0 Å². The van der Waals surface area contributed by atoms with Gasteiger partial charge in [-0.05, 0) is 43.2 Å². The minimum atomic E-state index is 0.196. The minimum Gasteiger partial charge on any atom is -0.352 e. The van der Waals surface area contributed by atoms with Crippen molar-refractivity contribution >= 4 is 17.7 Å². The number of hydrogen-bond donors (Lipinski definition) is 1. The van der Waals surface area contributed by atoms with Crippen LogP contribution in [-0.2, 0) is 4.79 Å². The Morgan fingerprint density at radius 2 is 2.06 bits per heavy atom. The van der Waals surface area contributed by atoms with Crippen molar-refractivity contribution in [3.63, 3.8) is 0 Å². The summed E-state index contributed by atoms with van der Waals surface area (Å²) in [5.74, 6) is 2.39. The summed E-state index contributed by atoms with van der Waals surface area (Å²) in [6, 6.07) is 10.6. The van der Waals surface area contributed by atoms with Gasteiger partial charge in [-0.3, -0.25) is 4.79 Å². The molecule has 0 heterocycles. The second-order valence-electron chi connectivity index (χ2n) is 5.45. The Hall–Kier alpha value is -0.960. The van der Waals surface area contributed by atoms with Gasteiger partial charge in [-0.1, -0.05) is 24.6 Å². The van der Waals surface area contributed by atoms with Crippen LogP contribution < -0.4 is 5.32 Å². The summed E-state index contributed by atoms with van der Waals surface area (Å²) in [6.45, 7) is 0. The predicted octanol–water partition coefficient (Wildman–Crippen LogP) is 3.08. The standard InChI is InChI=1S/C15H19NOS/c17-15(10-18-13-4-2-1-3-5-13)16-14-9-11-6-7-12(14)8-11/h1-5,11-12,14H,6-10H2,(H,16,17)/t11-,12+,14+/m1/s1. The SMILES string of the molecule is O=C(CSc1ccccc1)N[C@H]1C[C@@H]2CC[C@H]1C2. The maximum absolute atomic E-state index is 11.9. The predicted molar refractivity (Wildman–Crippen MR) is 74.5 cm³/mol. The molecule has 1 N–H and O–H groups in total. The second-order valence-corrected chi connectivity index (χ2v) is 6.50. The van der Waals surface area contributed by atoms with Gasteiger partial charge in [0.25, 0.3) is 0 Å². The lowest BCUT2D eigenvalue weighted by molar-refractivity contribution is -0.119. The van der Waals surface area contributed by atoms with Crippen LogP contribution in [0.5, 0.6) is 0 Å². The maximum Gasteiger partial charge on any atom is 0.230 e. The first-order chi connectivity index (χ1) is 8.81. The number of carbonyl (C=O) groups is 1. The Labute approximate surface area is 113 Å². The fourth-order valence-corrected chi connectivity index (χ4v) is 4.07. The highest BCUT2D eigenvalue weighted by Gasteiger charge is 2.39. The quantitative estimate of drug-likeness (QED) is 0.844. The third-order valence-electron chi connectivity index (χ3n) is 4.20. The molecule has 2 aliphatic rings. The summed E-state index contributed by atoms with van der Waals surface area (Å²) in [5.41, 5.74) is 0. The second kappa shape index (κ2) is 5.35. The summed E-state index contributed by atoms with van der Waals surface area (Å²) in [4.78, 5) is 13.1. The van der Waals surface area contributed by atoms with Gasteiger partial charge < -0.3 is 5.32 Å². The van der Waals surface area contributed by atoms with Gasteiger partial charge in [0, 0.05) is 10.9 Å². The van der Waals surface area contributed by atoms with E-state index in [4.69, 9.17) is 0 Å². The maximum atomic E-state index is 11.9. The van der Waals surface area contributed by atoms with E-state index in [1.54, 1.807) is 11.8 Å². The van der Waals surface area contributed by atoms with Crippen molar-refractivity contribution < 1.29 is 4.79 Å². The normalized spacial score (nSPS) is 29.4. The first-order valence-electron chi connectivity index (χ1n) is 6.78. The Bertz CT molecular complexity index is 420. The molecule has 3 heteroatoms. The highest BCUT2D eigenvalue weighted by Crippen LogP contribution is 2.44. The van der Waals surface area contributed by atoms with Gasteiger partial charge in [-0.25, -0.2) is 0 Å². The third kappa shape index (κ3) is 2.72. The molecular formula is C15H19NOS. The zero-order valence-electron chi connectivity index (χ0n) is 10.5. The summed E-state index contributed by atoms with van der Waals surface area (Å²) in [7, 11) is 0. The van der Waals surface area contributed by atoms with Crippen molar-refractivity contribution in [3.05, 3.63) is 30.3 Å². The number of thioether (sulfide) groups is 1. The summed E-state index contributed by atoms with van der Waals surface area (Å²) in [5, 5.41) is 3.22. The molecule has 1 aromatic carbocycles. The van der Waals surface area contributed by atoms with Gasteiger partial charge in [-0.2, -0.15) is 0 Å². The minimum absolute atomic E-state index is 0.196. The Morgan fingerprint density at radius 3 is 2.72 bits per heavy atom. The zero-order chi connectivity index (χ0) is 12.4. The van der Waals surface area contributed by atoms with Crippen LogP contribution in [0.15, 0.2) is 35.2 Å². The smallest absolute Gasteiger partial charge is 0.230 e. The number of fused-ring (bicyclic) bond motifs is 2. The fourth-order valence-electron chi connectivity index (χ4n) is 3.34. The molecular weight excluding hydrogens is 242 g/mol. The van der Waals surface area contributed by atoms with Crippen LogP contribution in [-0.4, -0.2) is 17.7 Å². The molecule has 96 valence electrons. The number of hydrogen-bond acceptors (Lipinski definition) is 2. The topological polar surface area (TPSA) is 29.1 Å². The molecule has 2 fully saturated rings. The Morgan fingerprint density at radius 1 is 1.22 bits per heavy atom. The highest BCUT2D eigenvalue weighted by atomic mass is 32.2. The molecule has 18 heavy (non-hydrogen) atoms. The average molecular weight is 261 g/mol. The van der Waals surface area contributed by atoms with E-state index in [2.05, 4.69) is 17.4 Å². The van der Waals surface area contributed by atoms with Crippen molar-refractivity contribution in [3.8, 4) is 0 Å². The zero-order valence-corrected chi connectivity index (χ0v) is 11.3. The van der Waals surface area contributed by atoms with Crippen LogP contribution in [0.1, 0.15) is 25.7 Å². The first-order valence-corrected chi connectivity index (χ1v) is 7.77. The van der Waals surface area contributed by atoms with Crippen molar-refractivity contribution in [2.45, 2.75) is 36.6 Å². The Kier molecular flexibility index (Phi) is 3.59. The van der Waals surface area contributed by atoms with E-state index in [-0.39, 0.29) is 5.91 Å². The molecule has 3 rings (SSSR count). The molecule has 2 nitrogen and oxygen atoms in total. The van der Waals surface area contributed by atoms with Gasteiger partial charge in [0.05, 0.1) is 5.75 Å². The summed E-state index contributed by atoms with van der Waals surface area (Å²) in [6.07, 6.45) is 5.26. The molecule has 2 aliphatic carbocycles. The van der Waals surface area contributed by atoms with Crippen LogP contribution >= 0.6 is 11.8 Å². The van der Waals surface area contributed by atoms with E-state index in [0.29, 0.717) is 11.8 Å². The van der Waals surface area contributed by atoms with Gasteiger partial charge in [-0.15, -0.1) is 11.8 Å². The van der Waals surface area contributed by atoms with E-state index in [9.17, 15) is 4.79 Å². The number of rotatable bonds is 4. The highest BCUT2D eigenvalue weighted by molar-refractivity contribution is 8.00. The summed E-state index contributed by atoms with van der Waals surface area (Å²) < 4.78 is 0. The molecule has 1 amide bonds. The molecule has 0 aromatic heterocycles. The van der Waals surface area contributed by atoms with E-state index in [1.807, 2.05) is 18.2 Å². The monoisotopic (exact) mass is 261 g/mol. The van der Waals surface area contributed by atoms with E-state index >= 15 is 0 Å². The lowest BCUT2D eigenvalue weighted by atomic mass is 9.95. The molecule has 0 saturated heterocycles. The van der Waals surface area contributed by atoms with Crippen LogP contribution in [0.2, 0.25) is 0 Å². The molecule has 0 unspecified atom stereocenters. The summed E-state index contributed by atoms with van der Waals surface area (Å²) >= 11 is 1.62. The third-order valence-corrected chi connectivity index (χ3v) is 5.21.